The lowest BCUT2D eigenvalue weighted by atomic mass is 9.91. The van der Waals surface area contributed by atoms with Crippen molar-refractivity contribution >= 4 is 57.0 Å². The molecule has 0 saturated carbocycles. The van der Waals surface area contributed by atoms with Gasteiger partial charge in [0.1, 0.15) is 0 Å². The molecule has 4 aromatic rings. The van der Waals surface area contributed by atoms with Crippen LogP contribution < -0.4 is 25.8 Å². The van der Waals surface area contributed by atoms with E-state index in [2.05, 4.69) is 41.9 Å². The van der Waals surface area contributed by atoms with Crippen molar-refractivity contribution in [3.05, 3.63) is 108 Å². The van der Waals surface area contributed by atoms with Crippen LogP contribution in [-0.2, 0) is 25.2 Å². The minimum atomic E-state index is -1.33. The summed E-state index contributed by atoms with van der Waals surface area (Å²) in [6, 6.07) is 31.4. The SMILES string of the molecule is CCC(=O)N1c2ccccc2[C@H](Nc2ccc(NC(=O)CCS(=O)c3ccc(N[C@@H]4C[C@H](C)N(C(=O)CC)c5ccccc54)cc3)cc2)C[C@@H]1C. The Morgan fingerprint density at radius 3 is 1.55 bits per heavy atom. The van der Waals surface area contributed by atoms with Gasteiger partial charge in [-0.25, -0.2) is 0 Å². The maximum absolute atomic E-state index is 13.1. The molecule has 2 aliphatic rings. The molecule has 10 heteroatoms. The van der Waals surface area contributed by atoms with E-state index in [9.17, 15) is 18.6 Å². The summed E-state index contributed by atoms with van der Waals surface area (Å²) in [5.41, 5.74) is 6.58. The molecule has 2 aliphatic heterocycles. The highest BCUT2D eigenvalue weighted by molar-refractivity contribution is 7.85. The molecule has 0 saturated heterocycles. The summed E-state index contributed by atoms with van der Waals surface area (Å²) in [5, 5.41) is 10.2. The first-order chi connectivity index (χ1) is 24.7. The Balaban J connectivity index is 1.00. The van der Waals surface area contributed by atoms with Crippen molar-refractivity contribution in [2.24, 2.45) is 0 Å². The van der Waals surface area contributed by atoms with Crippen molar-refractivity contribution in [1.82, 2.24) is 0 Å². The zero-order valence-electron chi connectivity index (χ0n) is 29.7. The molecule has 3 N–H and O–H groups in total. The molecule has 0 fully saturated rings. The zero-order valence-corrected chi connectivity index (χ0v) is 30.5. The molecule has 0 aliphatic carbocycles. The summed E-state index contributed by atoms with van der Waals surface area (Å²) in [5.74, 6) is 0.262. The number of amides is 3. The van der Waals surface area contributed by atoms with Gasteiger partial charge in [0.15, 0.2) is 0 Å². The molecular formula is C41H47N5O4S. The highest BCUT2D eigenvalue weighted by Gasteiger charge is 2.34. The van der Waals surface area contributed by atoms with Crippen LogP contribution in [0.25, 0.3) is 0 Å². The van der Waals surface area contributed by atoms with Gasteiger partial charge >= 0.3 is 0 Å². The zero-order chi connectivity index (χ0) is 36.1. The lowest BCUT2D eigenvalue weighted by Gasteiger charge is -2.40. The monoisotopic (exact) mass is 705 g/mol. The van der Waals surface area contributed by atoms with Crippen LogP contribution in [0.5, 0.6) is 0 Å². The van der Waals surface area contributed by atoms with Crippen molar-refractivity contribution in [2.45, 2.75) is 88.9 Å². The third-order valence-electron chi connectivity index (χ3n) is 9.80. The van der Waals surface area contributed by atoms with Crippen LogP contribution in [0.1, 0.15) is 83.0 Å². The van der Waals surface area contributed by atoms with Crippen LogP contribution in [0.4, 0.5) is 28.4 Å². The van der Waals surface area contributed by atoms with E-state index in [0.29, 0.717) is 23.4 Å². The summed E-state index contributed by atoms with van der Waals surface area (Å²) >= 11 is 0. The summed E-state index contributed by atoms with van der Waals surface area (Å²) < 4.78 is 13.1. The second-order valence-corrected chi connectivity index (χ2v) is 14.9. The minimum absolute atomic E-state index is 0.0399. The van der Waals surface area contributed by atoms with Crippen molar-refractivity contribution in [1.29, 1.82) is 0 Å². The van der Waals surface area contributed by atoms with Gasteiger partial charge in [-0.15, -0.1) is 0 Å². The summed E-state index contributed by atoms with van der Waals surface area (Å²) in [6.45, 7) is 7.95. The second-order valence-electron chi connectivity index (χ2n) is 13.4. The van der Waals surface area contributed by atoms with Crippen LogP contribution in [0.3, 0.4) is 0 Å². The predicted molar refractivity (Wildman–Crippen MR) is 207 cm³/mol. The Kier molecular flexibility index (Phi) is 11.2. The number of hydrogen-bond acceptors (Lipinski definition) is 6. The van der Waals surface area contributed by atoms with E-state index in [-0.39, 0.29) is 54.1 Å². The first-order valence-corrected chi connectivity index (χ1v) is 19.2. The fourth-order valence-corrected chi connectivity index (χ4v) is 8.33. The lowest BCUT2D eigenvalue weighted by molar-refractivity contribution is -0.119. The molecule has 2 heterocycles. The number of anilines is 5. The number of hydrogen-bond donors (Lipinski definition) is 3. The molecule has 3 amide bonds. The normalized spacial score (nSPS) is 20.1. The van der Waals surface area contributed by atoms with Gasteiger partial charge < -0.3 is 25.8 Å². The number of para-hydroxylation sites is 2. The Morgan fingerprint density at radius 2 is 1.08 bits per heavy atom. The number of rotatable bonds is 11. The van der Waals surface area contributed by atoms with Crippen molar-refractivity contribution < 1.29 is 18.6 Å². The molecule has 0 spiro atoms. The fourth-order valence-electron chi connectivity index (χ4n) is 7.28. The molecule has 1 unspecified atom stereocenters. The number of nitrogens with one attached hydrogen (secondary N) is 3. The summed E-state index contributed by atoms with van der Waals surface area (Å²) in [7, 11) is -1.33. The van der Waals surface area contributed by atoms with Gasteiger partial charge in [0.2, 0.25) is 17.7 Å². The number of nitrogens with zero attached hydrogens (tertiary/aromatic N) is 2. The van der Waals surface area contributed by atoms with E-state index in [0.717, 1.165) is 46.7 Å². The molecule has 9 nitrogen and oxygen atoms in total. The maximum atomic E-state index is 13.1. The van der Waals surface area contributed by atoms with Crippen LogP contribution >= 0.6 is 0 Å². The average Bonchev–Trinajstić information content (AvgIpc) is 3.14. The smallest absolute Gasteiger partial charge is 0.226 e. The van der Waals surface area contributed by atoms with Gasteiger partial charge in [-0.2, -0.15) is 0 Å². The topological polar surface area (TPSA) is 111 Å². The van der Waals surface area contributed by atoms with Crippen molar-refractivity contribution in [3.8, 4) is 0 Å². The van der Waals surface area contributed by atoms with Crippen molar-refractivity contribution in [2.75, 3.05) is 31.5 Å². The first kappa shape index (κ1) is 35.9. The van der Waals surface area contributed by atoms with Gasteiger partial charge in [-0.1, -0.05) is 50.2 Å². The molecular weight excluding hydrogens is 659 g/mol. The van der Waals surface area contributed by atoms with E-state index < -0.39 is 10.8 Å². The third kappa shape index (κ3) is 8.01. The molecule has 266 valence electrons. The Morgan fingerprint density at radius 1 is 0.647 bits per heavy atom. The fraction of sp³-hybridized carbons (Fsp3) is 0.341. The van der Waals surface area contributed by atoms with Crippen LogP contribution in [0.2, 0.25) is 0 Å². The highest BCUT2D eigenvalue weighted by Crippen LogP contribution is 2.40. The van der Waals surface area contributed by atoms with E-state index in [1.54, 1.807) is 0 Å². The molecule has 51 heavy (non-hydrogen) atoms. The predicted octanol–water partition coefficient (Wildman–Crippen LogP) is 8.20. The van der Waals surface area contributed by atoms with E-state index >= 15 is 0 Å². The van der Waals surface area contributed by atoms with Gasteiger partial charge in [0, 0.05) is 70.4 Å². The largest absolute Gasteiger partial charge is 0.378 e. The van der Waals surface area contributed by atoms with Crippen LogP contribution in [0.15, 0.2) is 102 Å². The lowest BCUT2D eigenvalue weighted by Crippen LogP contribution is -2.44. The van der Waals surface area contributed by atoms with Crippen molar-refractivity contribution in [3.63, 3.8) is 0 Å². The summed E-state index contributed by atoms with van der Waals surface area (Å²) in [4.78, 5) is 42.6. The number of carbonyl (C=O) groups excluding carboxylic acids is 3. The maximum Gasteiger partial charge on any atom is 0.226 e. The second kappa shape index (κ2) is 15.9. The van der Waals surface area contributed by atoms with Gasteiger partial charge in [0.25, 0.3) is 0 Å². The number of fused-ring (bicyclic) bond motifs is 2. The first-order valence-electron chi connectivity index (χ1n) is 17.9. The summed E-state index contributed by atoms with van der Waals surface area (Å²) in [6.07, 6.45) is 2.61. The Hall–Kier alpha value is -4.96. The number of benzene rings is 4. The molecule has 6 rings (SSSR count). The average molecular weight is 706 g/mol. The molecule has 0 radical (unpaired) electrons. The number of carbonyl (C=O) groups is 3. The molecule has 0 aromatic heterocycles. The quantitative estimate of drug-likeness (QED) is 0.145. The van der Waals surface area contributed by atoms with Crippen LogP contribution in [0, 0.1) is 0 Å². The van der Waals surface area contributed by atoms with Crippen LogP contribution in [-0.4, -0.2) is 39.8 Å². The Bertz CT molecular complexity index is 1900. The standard InChI is InChI=1S/C41H47N5O4S/c1-5-40(48)45-27(3)25-35(33-11-7-9-13-37(33)45)42-29-15-17-31(18-16-29)44-39(47)23-24-51(50)32-21-19-30(20-22-32)43-36-26-28(4)46(41(49)6-2)38-14-10-8-12-34(36)38/h7-22,27-28,35-36,42-43H,5-6,23-26H2,1-4H3,(H,44,47)/t27-,28-,35+,36+,51?/m0/s1. The van der Waals surface area contributed by atoms with E-state index in [4.69, 9.17) is 0 Å². The van der Waals surface area contributed by atoms with Gasteiger partial charge in [-0.05, 0) is 98.5 Å². The minimum Gasteiger partial charge on any atom is -0.378 e. The highest BCUT2D eigenvalue weighted by atomic mass is 32.2. The van der Waals surface area contributed by atoms with E-state index in [1.807, 2.05) is 109 Å². The molecule has 4 aromatic carbocycles. The van der Waals surface area contributed by atoms with Gasteiger partial charge in [-0.3, -0.25) is 18.6 Å². The Labute approximate surface area is 303 Å². The molecule has 0 bridgehead atoms. The molecule has 5 atom stereocenters. The van der Waals surface area contributed by atoms with E-state index in [1.165, 1.54) is 0 Å². The third-order valence-corrected chi connectivity index (χ3v) is 11.2. The van der Waals surface area contributed by atoms with Gasteiger partial charge in [0.05, 0.1) is 22.9 Å².